The number of methoxy groups -OCH3 is 4. The molecule has 2 aromatic carbocycles. The molecule has 2 aromatic rings. The van der Waals surface area contributed by atoms with E-state index in [4.69, 9.17) is 23.7 Å². The number of carbonyl (C=O) groups excluding carboxylic acids is 1. The van der Waals surface area contributed by atoms with Gasteiger partial charge in [0.05, 0.1) is 34.9 Å². The Kier molecular flexibility index (Phi) is 5.17. The van der Waals surface area contributed by atoms with E-state index in [2.05, 4.69) is 0 Å². The smallest absolute Gasteiger partial charge is 0.307 e. The summed E-state index contributed by atoms with van der Waals surface area (Å²) in [5.74, 6) is 2.05. The first-order valence-electron chi connectivity index (χ1n) is 8.67. The van der Waals surface area contributed by atoms with Crippen molar-refractivity contribution < 1.29 is 28.5 Å². The fraction of sp³-hybridized carbons (Fsp3) is 0.381. The third kappa shape index (κ3) is 3.05. The summed E-state index contributed by atoms with van der Waals surface area (Å²) in [7, 11) is 6.32. The third-order valence-corrected chi connectivity index (χ3v) is 5.07. The highest BCUT2D eigenvalue weighted by Crippen LogP contribution is 2.49. The highest BCUT2D eigenvalue weighted by atomic mass is 16.6. The van der Waals surface area contributed by atoms with Crippen LogP contribution in [0.4, 0.5) is 0 Å². The van der Waals surface area contributed by atoms with Crippen LogP contribution in [0.2, 0.25) is 0 Å². The second-order valence-electron chi connectivity index (χ2n) is 6.45. The van der Waals surface area contributed by atoms with E-state index in [1.54, 1.807) is 28.4 Å². The predicted octanol–water partition coefficient (Wildman–Crippen LogP) is 3.55. The largest absolute Gasteiger partial charge is 0.493 e. The first-order chi connectivity index (χ1) is 13.0. The van der Waals surface area contributed by atoms with Gasteiger partial charge in [-0.15, -0.1) is 0 Å². The molecule has 0 aromatic heterocycles. The molecule has 1 unspecified atom stereocenters. The average molecular weight is 372 g/mol. The van der Waals surface area contributed by atoms with E-state index in [1.165, 1.54) is 0 Å². The van der Waals surface area contributed by atoms with Crippen LogP contribution < -0.4 is 18.9 Å². The van der Waals surface area contributed by atoms with E-state index in [-0.39, 0.29) is 11.9 Å². The van der Waals surface area contributed by atoms with Crippen molar-refractivity contribution in [2.75, 3.05) is 28.4 Å². The first kappa shape index (κ1) is 18.9. The Bertz CT molecular complexity index is 789. The number of ether oxygens (including phenoxy) is 5. The molecular weight excluding hydrogens is 348 g/mol. The monoisotopic (exact) mass is 372 g/mol. The van der Waals surface area contributed by atoms with Gasteiger partial charge in [-0.1, -0.05) is 19.1 Å². The van der Waals surface area contributed by atoms with Gasteiger partial charge < -0.3 is 23.7 Å². The van der Waals surface area contributed by atoms with Gasteiger partial charge in [-0.25, -0.2) is 0 Å². The molecule has 0 bridgehead atoms. The zero-order valence-corrected chi connectivity index (χ0v) is 16.2. The maximum absolute atomic E-state index is 12.2. The maximum atomic E-state index is 12.2. The summed E-state index contributed by atoms with van der Waals surface area (Å²) in [4.78, 5) is 12.2. The molecule has 1 saturated heterocycles. The number of benzene rings is 2. The molecule has 6 nitrogen and oxygen atoms in total. The quantitative estimate of drug-likeness (QED) is 0.723. The zero-order valence-electron chi connectivity index (χ0n) is 16.2. The molecule has 3 rings (SSSR count). The Balaban J connectivity index is 2.22. The standard InChI is InChI=1S/C21H24O6/c1-13-10-20(22)27-21(13,14-6-8-16(23-2)18(11-14)25-4)15-7-9-17(24-3)19(12-15)26-5/h6-9,11-13H,10H2,1-5H3. The van der Waals surface area contributed by atoms with E-state index in [0.717, 1.165) is 11.1 Å². The minimum Gasteiger partial charge on any atom is -0.493 e. The van der Waals surface area contributed by atoms with Gasteiger partial charge in [0.1, 0.15) is 0 Å². The number of rotatable bonds is 6. The number of hydrogen-bond acceptors (Lipinski definition) is 6. The van der Waals surface area contributed by atoms with Crippen molar-refractivity contribution in [1.82, 2.24) is 0 Å². The van der Waals surface area contributed by atoms with E-state index in [9.17, 15) is 4.79 Å². The highest BCUT2D eigenvalue weighted by molar-refractivity contribution is 5.75. The normalized spacial score (nSPS) is 18.0. The fourth-order valence-corrected chi connectivity index (χ4v) is 3.70. The molecule has 1 heterocycles. The van der Waals surface area contributed by atoms with Crippen LogP contribution in [0, 0.1) is 5.92 Å². The van der Waals surface area contributed by atoms with Gasteiger partial charge >= 0.3 is 5.97 Å². The number of esters is 1. The van der Waals surface area contributed by atoms with Crippen molar-refractivity contribution in [3.63, 3.8) is 0 Å². The van der Waals surface area contributed by atoms with E-state index >= 15 is 0 Å². The average Bonchev–Trinajstić information content (AvgIpc) is 3.01. The van der Waals surface area contributed by atoms with E-state index < -0.39 is 5.60 Å². The van der Waals surface area contributed by atoms with Gasteiger partial charge in [0, 0.05) is 17.0 Å². The lowest BCUT2D eigenvalue weighted by Gasteiger charge is -2.33. The SMILES string of the molecule is COc1ccc(C2(c3ccc(OC)c(OC)c3)OC(=O)CC2C)cc1OC. The Labute approximate surface area is 158 Å². The van der Waals surface area contributed by atoms with Gasteiger partial charge in [0.2, 0.25) is 0 Å². The second kappa shape index (κ2) is 7.39. The molecule has 1 fully saturated rings. The zero-order chi connectivity index (χ0) is 19.6. The molecule has 144 valence electrons. The topological polar surface area (TPSA) is 63.2 Å². The second-order valence-corrected chi connectivity index (χ2v) is 6.45. The van der Waals surface area contributed by atoms with Crippen LogP contribution >= 0.6 is 0 Å². The van der Waals surface area contributed by atoms with Gasteiger partial charge in [-0.3, -0.25) is 4.79 Å². The molecule has 0 radical (unpaired) electrons. The molecule has 0 saturated carbocycles. The van der Waals surface area contributed by atoms with Crippen LogP contribution in [-0.2, 0) is 15.1 Å². The summed E-state index contributed by atoms with van der Waals surface area (Å²) >= 11 is 0. The van der Waals surface area contributed by atoms with E-state index in [1.807, 2.05) is 43.3 Å². The summed E-state index contributed by atoms with van der Waals surface area (Å²) < 4.78 is 27.5. The molecule has 0 spiro atoms. The van der Waals surface area contributed by atoms with Crippen molar-refractivity contribution in [1.29, 1.82) is 0 Å². The summed E-state index contributed by atoms with van der Waals surface area (Å²) in [5, 5.41) is 0. The maximum Gasteiger partial charge on any atom is 0.307 e. The molecule has 0 aliphatic carbocycles. The van der Waals surface area contributed by atoms with Gasteiger partial charge in [0.15, 0.2) is 28.6 Å². The minimum absolute atomic E-state index is 0.0822. The van der Waals surface area contributed by atoms with Crippen molar-refractivity contribution in [2.45, 2.75) is 18.9 Å². The van der Waals surface area contributed by atoms with Crippen LogP contribution in [0.3, 0.4) is 0 Å². The van der Waals surface area contributed by atoms with Crippen molar-refractivity contribution in [3.8, 4) is 23.0 Å². The van der Waals surface area contributed by atoms with Gasteiger partial charge in [-0.05, 0) is 24.3 Å². The molecular formula is C21H24O6. The lowest BCUT2D eigenvalue weighted by atomic mass is 9.77. The van der Waals surface area contributed by atoms with Crippen LogP contribution in [-0.4, -0.2) is 34.4 Å². The Morgan fingerprint density at radius 1 is 0.815 bits per heavy atom. The predicted molar refractivity (Wildman–Crippen MR) is 99.7 cm³/mol. The Hall–Kier alpha value is -2.89. The molecule has 1 aliphatic heterocycles. The molecule has 27 heavy (non-hydrogen) atoms. The van der Waals surface area contributed by atoms with Crippen LogP contribution in [0.15, 0.2) is 36.4 Å². The van der Waals surface area contributed by atoms with Crippen LogP contribution in [0.25, 0.3) is 0 Å². The molecule has 1 aliphatic rings. The summed E-state index contributed by atoms with van der Waals surface area (Å²) in [6.07, 6.45) is 0.322. The number of carbonyl (C=O) groups is 1. The number of cyclic esters (lactones) is 1. The van der Waals surface area contributed by atoms with Crippen LogP contribution in [0.5, 0.6) is 23.0 Å². The highest BCUT2D eigenvalue weighted by Gasteiger charge is 2.50. The first-order valence-corrected chi connectivity index (χ1v) is 8.67. The van der Waals surface area contributed by atoms with Crippen molar-refractivity contribution in [3.05, 3.63) is 47.5 Å². The van der Waals surface area contributed by atoms with E-state index in [0.29, 0.717) is 29.4 Å². The minimum atomic E-state index is -0.948. The number of hydrogen-bond donors (Lipinski definition) is 0. The molecule has 0 amide bonds. The Morgan fingerprint density at radius 3 is 1.59 bits per heavy atom. The summed E-state index contributed by atoms with van der Waals surface area (Å²) in [6, 6.07) is 11.1. The van der Waals surface area contributed by atoms with Crippen molar-refractivity contribution >= 4 is 5.97 Å². The summed E-state index contributed by atoms with van der Waals surface area (Å²) in [6.45, 7) is 2.00. The third-order valence-electron chi connectivity index (χ3n) is 5.07. The molecule has 0 N–H and O–H groups in total. The molecule has 6 heteroatoms. The van der Waals surface area contributed by atoms with Gasteiger partial charge in [-0.2, -0.15) is 0 Å². The lowest BCUT2D eigenvalue weighted by Crippen LogP contribution is -2.33. The van der Waals surface area contributed by atoms with Gasteiger partial charge in [0.25, 0.3) is 0 Å². The Morgan fingerprint density at radius 2 is 1.26 bits per heavy atom. The van der Waals surface area contributed by atoms with Crippen LogP contribution in [0.1, 0.15) is 24.5 Å². The van der Waals surface area contributed by atoms with Crippen molar-refractivity contribution in [2.24, 2.45) is 5.92 Å². The summed E-state index contributed by atoms with van der Waals surface area (Å²) in [5.41, 5.74) is 0.673. The fourth-order valence-electron chi connectivity index (χ4n) is 3.70. The molecule has 1 atom stereocenters. The lowest BCUT2D eigenvalue weighted by molar-refractivity contribution is -0.147.